The number of para-hydroxylation sites is 1. The number of methoxy groups -OCH3 is 1. The normalized spacial score (nSPS) is 17.8. The van der Waals surface area contributed by atoms with Gasteiger partial charge in [-0.2, -0.15) is 0 Å². The number of nitrogens with zero attached hydrogens (tertiary/aromatic N) is 3. The van der Waals surface area contributed by atoms with Crippen molar-refractivity contribution in [1.82, 2.24) is 14.8 Å². The van der Waals surface area contributed by atoms with Crippen LogP contribution in [0.4, 0.5) is 0 Å². The molecule has 0 spiro atoms. The molecule has 1 aromatic carbocycles. The Kier molecular flexibility index (Phi) is 8.09. The molecule has 0 N–H and O–H groups in total. The van der Waals surface area contributed by atoms with Gasteiger partial charge in [-0.3, -0.25) is 9.59 Å². The van der Waals surface area contributed by atoms with E-state index in [4.69, 9.17) is 9.47 Å². The molecule has 0 bridgehead atoms. The summed E-state index contributed by atoms with van der Waals surface area (Å²) in [4.78, 5) is 34.4. The van der Waals surface area contributed by atoms with E-state index in [2.05, 4.69) is 18.8 Å². The first-order valence-electron chi connectivity index (χ1n) is 11.2. The van der Waals surface area contributed by atoms with Crippen molar-refractivity contribution < 1.29 is 19.1 Å². The Labute approximate surface area is 190 Å². The summed E-state index contributed by atoms with van der Waals surface area (Å²) in [5.41, 5.74) is 0.907. The number of fused-ring (bicyclic) bond motifs is 1. The molecule has 0 saturated heterocycles. The van der Waals surface area contributed by atoms with Gasteiger partial charge in [-0.25, -0.2) is 4.98 Å². The van der Waals surface area contributed by atoms with Crippen molar-refractivity contribution in [3.05, 3.63) is 53.7 Å². The van der Waals surface area contributed by atoms with Crippen molar-refractivity contribution in [1.29, 1.82) is 0 Å². The molecule has 172 valence electrons. The minimum absolute atomic E-state index is 0.0462. The number of hydrogen-bond acceptors (Lipinski definition) is 5. The Bertz CT molecular complexity index is 931. The van der Waals surface area contributed by atoms with Crippen LogP contribution in [0.25, 0.3) is 0 Å². The van der Waals surface area contributed by atoms with Crippen molar-refractivity contribution >= 4 is 11.8 Å². The molecule has 0 fully saturated rings. The van der Waals surface area contributed by atoms with Gasteiger partial charge >= 0.3 is 0 Å². The van der Waals surface area contributed by atoms with E-state index in [1.807, 2.05) is 23.1 Å². The summed E-state index contributed by atoms with van der Waals surface area (Å²) < 4.78 is 11.4. The lowest BCUT2D eigenvalue weighted by Crippen LogP contribution is -2.45. The minimum Gasteiger partial charge on any atom is -0.491 e. The molecule has 0 radical (unpaired) electrons. The van der Waals surface area contributed by atoms with Crippen LogP contribution in [0.3, 0.4) is 0 Å². The highest BCUT2D eigenvalue weighted by atomic mass is 16.5. The van der Waals surface area contributed by atoms with Gasteiger partial charge < -0.3 is 19.3 Å². The minimum atomic E-state index is -0.143. The Morgan fingerprint density at radius 3 is 2.66 bits per heavy atom. The van der Waals surface area contributed by atoms with Gasteiger partial charge in [-0.15, -0.1) is 0 Å². The Balaban J connectivity index is 1.94. The van der Waals surface area contributed by atoms with E-state index in [1.165, 1.54) is 7.11 Å². The number of benzene rings is 1. The highest BCUT2D eigenvalue weighted by Gasteiger charge is 2.28. The van der Waals surface area contributed by atoms with Crippen molar-refractivity contribution in [2.75, 3.05) is 33.9 Å². The summed E-state index contributed by atoms with van der Waals surface area (Å²) in [5, 5.41) is 0. The van der Waals surface area contributed by atoms with Crippen LogP contribution in [0.5, 0.6) is 11.6 Å². The Morgan fingerprint density at radius 1 is 1.16 bits per heavy atom. The first-order valence-corrected chi connectivity index (χ1v) is 11.2. The number of hydrogen-bond donors (Lipinski definition) is 0. The second kappa shape index (κ2) is 11.0. The Morgan fingerprint density at radius 2 is 1.91 bits per heavy atom. The molecule has 1 aromatic heterocycles. The summed E-state index contributed by atoms with van der Waals surface area (Å²) in [6.07, 6.45) is 2.37. The second-order valence-corrected chi connectivity index (χ2v) is 8.59. The second-order valence-electron chi connectivity index (χ2n) is 8.59. The lowest BCUT2D eigenvalue weighted by atomic mass is 10.0. The molecule has 7 nitrogen and oxygen atoms in total. The Hall–Kier alpha value is -3.09. The fourth-order valence-corrected chi connectivity index (χ4v) is 3.97. The van der Waals surface area contributed by atoms with Gasteiger partial charge in [-0.1, -0.05) is 32.0 Å². The fourth-order valence-electron chi connectivity index (χ4n) is 3.97. The van der Waals surface area contributed by atoms with E-state index in [9.17, 15) is 9.59 Å². The third-order valence-corrected chi connectivity index (χ3v) is 5.63. The van der Waals surface area contributed by atoms with E-state index in [-0.39, 0.29) is 17.9 Å². The quantitative estimate of drug-likeness (QED) is 0.723. The SMILES string of the molecule is COc1cccc(C(=O)N2CCCCN(C)C(=O)c3ccccc3OC[C@@H]2CC(C)C)n1. The van der Waals surface area contributed by atoms with E-state index in [1.54, 1.807) is 36.2 Å². The van der Waals surface area contributed by atoms with Gasteiger partial charge in [0.2, 0.25) is 5.88 Å². The van der Waals surface area contributed by atoms with Gasteiger partial charge in [0.15, 0.2) is 0 Å². The first-order chi connectivity index (χ1) is 15.4. The number of amides is 2. The molecule has 0 aliphatic carbocycles. The zero-order chi connectivity index (χ0) is 23.1. The lowest BCUT2D eigenvalue weighted by Gasteiger charge is -2.34. The first kappa shape index (κ1) is 23.6. The maximum atomic E-state index is 13.5. The number of pyridine rings is 1. The highest BCUT2D eigenvalue weighted by Crippen LogP contribution is 2.24. The molecule has 1 aliphatic rings. The molecule has 0 saturated carbocycles. The average Bonchev–Trinajstić information content (AvgIpc) is 2.80. The molecule has 2 aromatic rings. The van der Waals surface area contributed by atoms with Gasteiger partial charge in [0.05, 0.1) is 18.7 Å². The molecule has 2 amide bonds. The number of rotatable bonds is 4. The molecule has 0 unspecified atom stereocenters. The third kappa shape index (κ3) is 5.78. The third-order valence-electron chi connectivity index (χ3n) is 5.63. The van der Waals surface area contributed by atoms with Gasteiger partial charge in [0.25, 0.3) is 11.8 Å². The monoisotopic (exact) mass is 439 g/mol. The number of aromatic nitrogens is 1. The van der Waals surface area contributed by atoms with Crippen LogP contribution in [-0.2, 0) is 0 Å². The summed E-state index contributed by atoms with van der Waals surface area (Å²) in [6, 6.07) is 12.4. The predicted octanol–water partition coefficient (Wildman–Crippen LogP) is 3.89. The summed E-state index contributed by atoms with van der Waals surface area (Å²) >= 11 is 0. The average molecular weight is 440 g/mol. The van der Waals surface area contributed by atoms with Gasteiger partial charge in [0.1, 0.15) is 18.1 Å². The topological polar surface area (TPSA) is 72.0 Å². The van der Waals surface area contributed by atoms with E-state index < -0.39 is 0 Å². The molecule has 3 rings (SSSR count). The molecule has 2 heterocycles. The summed E-state index contributed by atoms with van der Waals surface area (Å²) in [5.74, 6) is 1.15. The molecular formula is C25H33N3O4. The fraction of sp³-hybridized carbons (Fsp3) is 0.480. The van der Waals surface area contributed by atoms with Crippen LogP contribution in [0, 0.1) is 5.92 Å². The smallest absolute Gasteiger partial charge is 0.272 e. The van der Waals surface area contributed by atoms with E-state index in [0.717, 1.165) is 19.3 Å². The van der Waals surface area contributed by atoms with Crippen molar-refractivity contribution in [3.8, 4) is 11.6 Å². The van der Waals surface area contributed by atoms with E-state index in [0.29, 0.717) is 48.5 Å². The molecule has 1 aliphatic heterocycles. The van der Waals surface area contributed by atoms with Crippen LogP contribution in [0.1, 0.15) is 54.0 Å². The zero-order valence-corrected chi connectivity index (χ0v) is 19.4. The van der Waals surface area contributed by atoms with Crippen LogP contribution < -0.4 is 9.47 Å². The van der Waals surface area contributed by atoms with Crippen LogP contribution in [-0.4, -0.2) is 66.5 Å². The molecule has 7 heteroatoms. The van der Waals surface area contributed by atoms with Crippen LogP contribution >= 0.6 is 0 Å². The maximum Gasteiger partial charge on any atom is 0.272 e. The lowest BCUT2D eigenvalue weighted by molar-refractivity contribution is 0.0553. The van der Waals surface area contributed by atoms with Crippen molar-refractivity contribution in [2.45, 2.75) is 39.2 Å². The summed E-state index contributed by atoms with van der Waals surface area (Å²) in [6.45, 7) is 5.76. The van der Waals surface area contributed by atoms with Gasteiger partial charge in [-0.05, 0) is 43.4 Å². The number of carbonyl (C=O) groups is 2. The largest absolute Gasteiger partial charge is 0.491 e. The van der Waals surface area contributed by atoms with Crippen molar-refractivity contribution in [2.24, 2.45) is 5.92 Å². The zero-order valence-electron chi connectivity index (χ0n) is 19.4. The van der Waals surface area contributed by atoms with Gasteiger partial charge in [0, 0.05) is 26.2 Å². The standard InChI is InChI=1S/C25H33N3O4/c1-18(2)16-19-17-32-22-12-6-5-10-20(22)24(29)27(3)14-7-8-15-28(19)25(30)21-11-9-13-23(26-21)31-4/h5-6,9-13,18-19H,7-8,14-17H2,1-4H3/t19-/m0/s1. The number of carbonyl (C=O) groups excluding carboxylic acids is 2. The van der Waals surface area contributed by atoms with Crippen LogP contribution in [0.2, 0.25) is 0 Å². The molecule has 1 atom stereocenters. The van der Waals surface area contributed by atoms with Crippen molar-refractivity contribution in [3.63, 3.8) is 0 Å². The summed E-state index contributed by atoms with van der Waals surface area (Å²) in [7, 11) is 3.34. The molecule has 32 heavy (non-hydrogen) atoms. The number of ether oxygens (including phenoxy) is 2. The molecular weight excluding hydrogens is 406 g/mol. The predicted molar refractivity (Wildman–Crippen MR) is 123 cm³/mol. The van der Waals surface area contributed by atoms with Crippen LogP contribution in [0.15, 0.2) is 42.5 Å². The van der Waals surface area contributed by atoms with E-state index >= 15 is 0 Å². The maximum absolute atomic E-state index is 13.5. The highest BCUT2D eigenvalue weighted by molar-refractivity contribution is 5.96.